The molecule has 1 N–H and O–H groups in total. The van der Waals surface area contributed by atoms with E-state index in [4.69, 9.17) is 0 Å². The second kappa shape index (κ2) is 6.74. The molecule has 1 rings (SSSR count). The molecule has 3 nitrogen and oxygen atoms in total. The maximum absolute atomic E-state index is 11.8. The molecular formula is C13H27NO2S. The van der Waals surface area contributed by atoms with Crippen molar-refractivity contribution in [2.24, 2.45) is 5.92 Å². The third kappa shape index (κ3) is 4.96. The number of hydrogen-bond donors (Lipinski definition) is 1. The van der Waals surface area contributed by atoms with Crippen LogP contribution in [0.1, 0.15) is 52.4 Å². The molecule has 0 aromatic heterocycles. The van der Waals surface area contributed by atoms with E-state index >= 15 is 0 Å². The maximum Gasteiger partial charge on any atom is 0.152 e. The maximum atomic E-state index is 11.8. The normalized spacial score (nSPS) is 27.1. The van der Waals surface area contributed by atoms with Gasteiger partial charge in [-0.05, 0) is 46.1 Å². The highest BCUT2D eigenvalue weighted by molar-refractivity contribution is 7.91. The predicted molar refractivity (Wildman–Crippen MR) is 73.0 cm³/mol. The molecule has 0 aliphatic heterocycles. The van der Waals surface area contributed by atoms with Crippen LogP contribution in [0.5, 0.6) is 0 Å². The van der Waals surface area contributed by atoms with Crippen molar-refractivity contribution in [1.29, 1.82) is 0 Å². The molecule has 0 heterocycles. The van der Waals surface area contributed by atoms with Gasteiger partial charge in [0.1, 0.15) is 0 Å². The van der Waals surface area contributed by atoms with Crippen LogP contribution in [0.15, 0.2) is 0 Å². The van der Waals surface area contributed by atoms with Crippen molar-refractivity contribution in [1.82, 2.24) is 5.32 Å². The van der Waals surface area contributed by atoms with E-state index in [1.165, 1.54) is 25.7 Å². The van der Waals surface area contributed by atoms with Gasteiger partial charge in [0.15, 0.2) is 9.84 Å². The van der Waals surface area contributed by atoms with Crippen LogP contribution in [0.25, 0.3) is 0 Å². The molecule has 0 aromatic carbocycles. The molecule has 4 heteroatoms. The van der Waals surface area contributed by atoms with Gasteiger partial charge in [0.25, 0.3) is 0 Å². The minimum absolute atomic E-state index is 0.228. The van der Waals surface area contributed by atoms with Crippen LogP contribution in [0, 0.1) is 5.92 Å². The van der Waals surface area contributed by atoms with Crippen LogP contribution in [0.3, 0.4) is 0 Å². The fraction of sp³-hybridized carbons (Fsp3) is 1.00. The van der Waals surface area contributed by atoms with Crippen molar-refractivity contribution < 1.29 is 8.42 Å². The van der Waals surface area contributed by atoms with Crippen molar-refractivity contribution in [3.8, 4) is 0 Å². The van der Waals surface area contributed by atoms with E-state index in [0.717, 1.165) is 12.8 Å². The average molecular weight is 261 g/mol. The predicted octanol–water partition coefficient (Wildman–Crippen LogP) is 2.37. The van der Waals surface area contributed by atoms with Gasteiger partial charge in [-0.15, -0.1) is 0 Å². The fourth-order valence-electron chi connectivity index (χ4n) is 2.55. The molecule has 1 fully saturated rings. The Kier molecular flexibility index (Phi) is 5.93. The van der Waals surface area contributed by atoms with Gasteiger partial charge in [0, 0.05) is 6.04 Å². The van der Waals surface area contributed by atoms with Crippen molar-refractivity contribution >= 4 is 9.84 Å². The highest BCUT2D eigenvalue weighted by Crippen LogP contribution is 2.26. The van der Waals surface area contributed by atoms with Gasteiger partial charge in [-0.25, -0.2) is 8.42 Å². The van der Waals surface area contributed by atoms with E-state index in [1.807, 2.05) is 7.05 Å². The third-order valence-electron chi connectivity index (χ3n) is 3.97. The van der Waals surface area contributed by atoms with E-state index in [0.29, 0.717) is 17.7 Å². The van der Waals surface area contributed by atoms with Gasteiger partial charge in [0.05, 0.1) is 11.0 Å². The van der Waals surface area contributed by atoms with Crippen LogP contribution in [-0.2, 0) is 9.84 Å². The second-order valence-electron chi connectivity index (χ2n) is 5.58. The van der Waals surface area contributed by atoms with E-state index in [2.05, 4.69) is 5.32 Å². The SMILES string of the molecule is CNC1CCCCC(CCS(=O)(=O)C(C)C)C1. The summed E-state index contributed by atoms with van der Waals surface area (Å²) >= 11 is 0. The van der Waals surface area contributed by atoms with Crippen molar-refractivity contribution in [3.63, 3.8) is 0 Å². The minimum Gasteiger partial charge on any atom is -0.317 e. The van der Waals surface area contributed by atoms with Gasteiger partial charge in [-0.2, -0.15) is 0 Å². The topological polar surface area (TPSA) is 46.2 Å². The molecule has 1 aliphatic rings. The van der Waals surface area contributed by atoms with Crippen LogP contribution < -0.4 is 5.32 Å². The molecule has 0 amide bonds. The monoisotopic (exact) mass is 261 g/mol. The van der Waals surface area contributed by atoms with Gasteiger partial charge < -0.3 is 5.32 Å². The zero-order valence-electron chi connectivity index (χ0n) is 11.4. The molecule has 1 aliphatic carbocycles. The molecule has 0 aromatic rings. The highest BCUT2D eigenvalue weighted by Gasteiger charge is 2.22. The number of nitrogens with one attached hydrogen (secondary N) is 1. The lowest BCUT2D eigenvalue weighted by Crippen LogP contribution is -2.27. The minimum atomic E-state index is -2.85. The Morgan fingerprint density at radius 2 is 1.88 bits per heavy atom. The first-order valence-electron chi connectivity index (χ1n) is 6.84. The Hall–Kier alpha value is -0.0900. The van der Waals surface area contributed by atoms with Crippen molar-refractivity contribution in [2.75, 3.05) is 12.8 Å². The van der Waals surface area contributed by atoms with Gasteiger partial charge in [-0.1, -0.05) is 19.3 Å². The van der Waals surface area contributed by atoms with Crippen LogP contribution in [0.2, 0.25) is 0 Å². The standard InChI is InChI=1S/C13H27NO2S/c1-11(2)17(15,16)9-8-12-6-4-5-7-13(10-12)14-3/h11-14H,4-10H2,1-3H3. The molecular weight excluding hydrogens is 234 g/mol. The molecule has 0 saturated heterocycles. The van der Waals surface area contributed by atoms with Gasteiger partial charge in [0.2, 0.25) is 0 Å². The smallest absolute Gasteiger partial charge is 0.152 e. The first-order chi connectivity index (χ1) is 7.95. The second-order valence-corrected chi connectivity index (χ2v) is 8.25. The van der Waals surface area contributed by atoms with E-state index in [9.17, 15) is 8.42 Å². The Bertz CT molecular complexity index is 311. The molecule has 0 radical (unpaired) electrons. The summed E-state index contributed by atoms with van der Waals surface area (Å²) in [5, 5.41) is 3.12. The van der Waals surface area contributed by atoms with Gasteiger partial charge >= 0.3 is 0 Å². The summed E-state index contributed by atoms with van der Waals surface area (Å²) in [7, 11) is -0.842. The van der Waals surface area contributed by atoms with Crippen LogP contribution >= 0.6 is 0 Å². The zero-order chi connectivity index (χ0) is 12.9. The summed E-state index contributed by atoms with van der Waals surface area (Å²) in [6.45, 7) is 3.55. The van der Waals surface area contributed by atoms with Crippen LogP contribution in [-0.4, -0.2) is 32.5 Å². The first kappa shape index (κ1) is 15.0. The number of sulfone groups is 1. The third-order valence-corrected chi connectivity index (χ3v) is 6.21. The quantitative estimate of drug-likeness (QED) is 0.773. The van der Waals surface area contributed by atoms with Crippen LogP contribution in [0.4, 0.5) is 0 Å². The molecule has 0 spiro atoms. The zero-order valence-corrected chi connectivity index (χ0v) is 12.2. The van der Waals surface area contributed by atoms with E-state index < -0.39 is 9.84 Å². The van der Waals surface area contributed by atoms with Gasteiger partial charge in [-0.3, -0.25) is 0 Å². The Morgan fingerprint density at radius 1 is 1.24 bits per heavy atom. The van der Waals surface area contributed by atoms with Crippen molar-refractivity contribution in [3.05, 3.63) is 0 Å². The number of rotatable bonds is 5. The summed E-state index contributed by atoms with van der Waals surface area (Å²) in [5.41, 5.74) is 0. The molecule has 2 atom stereocenters. The highest BCUT2D eigenvalue weighted by atomic mass is 32.2. The molecule has 0 bridgehead atoms. The summed E-state index contributed by atoms with van der Waals surface area (Å²) in [6, 6.07) is 0.587. The lowest BCUT2D eigenvalue weighted by molar-refractivity contribution is 0.392. The summed E-state index contributed by atoms with van der Waals surface area (Å²) < 4.78 is 23.6. The summed E-state index contributed by atoms with van der Waals surface area (Å²) in [4.78, 5) is 0. The fourth-order valence-corrected chi connectivity index (χ4v) is 3.69. The van der Waals surface area contributed by atoms with Crippen molar-refractivity contribution in [2.45, 2.75) is 63.7 Å². The Labute approximate surface area is 106 Å². The first-order valence-corrected chi connectivity index (χ1v) is 8.56. The molecule has 2 unspecified atom stereocenters. The number of hydrogen-bond acceptors (Lipinski definition) is 3. The average Bonchev–Trinajstić information content (AvgIpc) is 2.51. The summed E-state index contributed by atoms with van der Waals surface area (Å²) in [5.74, 6) is 0.953. The van der Waals surface area contributed by atoms with E-state index in [-0.39, 0.29) is 5.25 Å². The largest absolute Gasteiger partial charge is 0.317 e. The van der Waals surface area contributed by atoms with E-state index in [1.54, 1.807) is 13.8 Å². The Morgan fingerprint density at radius 3 is 2.47 bits per heavy atom. The lowest BCUT2D eigenvalue weighted by Gasteiger charge is -2.19. The molecule has 17 heavy (non-hydrogen) atoms. The summed E-state index contributed by atoms with van der Waals surface area (Å²) in [6.07, 6.45) is 6.96. The Balaban J connectivity index is 2.45. The molecule has 102 valence electrons. The molecule has 1 saturated carbocycles. The lowest BCUT2D eigenvalue weighted by atomic mass is 9.95.